The lowest BCUT2D eigenvalue weighted by atomic mass is 10.3. The molecule has 1 aromatic rings. The van der Waals surface area contributed by atoms with Gasteiger partial charge in [0.15, 0.2) is 5.16 Å². The van der Waals surface area contributed by atoms with Gasteiger partial charge in [0.25, 0.3) is 0 Å². The quantitative estimate of drug-likeness (QED) is 0.428. The summed E-state index contributed by atoms with van der Waals surface area (Å²) in [6.45, 7) is 4.12. The van der Waals surface area contributed by atoms with Crippen LogP contribution < -0.4 is 0 Å². The van der Waals surface area contributed by atoms with Crippen LogP contribution in [0.25, 0.3) is 0 Å². The minimum absolute atomic E-state index is 0.540. The van der Waals surface area contributed by atoms with E-state index in [0.717, 1.165) is 23.0 Å². The van der Waals surface area contributed by atoms with Crippen LogP contribution in [0.4, 0.5) is 0 Å². The average molecular weight is 203 g/mol. The van der Waals surface area contributed by atoms with Gasteiger partial charge in [0.1, 0.15) is 5.15 Å². The van der Waals surface area contributed by atoms with Crippen molar-refractivity contribution in [2.45, 2.75) is 25.4 Å². The number of rotatable bonds is 3. The summed E-state index contributed by atoms with van der Waals surface area (Å²) in [5, 5.41) is 1.32. The maximum atomic E-state index is 5.80. The predicted molar refractivity (Wildman–Crippen MR) is 52.8 cm³/mol. The molecule has 12 heavy (non-hydrogen) atoms. The highest BCUT2D eigenvalue weighted by Gasteiger charge is 2.00. The Morgan fingerprint density at radius 1 is 1.42 bits per heavy atom. The molecule has 0 aliphatic carbocycles. The Morgan fingerprint density at radius 3 is 2.75 bits per heavy atom. The largest absolute Gasteiger partial charge is 0.228 e. The first-order valence-electron chi connectivity index (χ1n) is 3.92. The predicted octanol–water partition coefficient (Wildman–Crippen LogP) is 2.80. The molecule has 0 aliphatic heterocycles. The summed E-state index contributed by atoms with van der Waals surface area (Å²) >= 11 is 7.41. The Hall–Kier alpha value is -0.280. The van der Waals surface area contributed by atoms with E-state index in [1.165, 1.54) is 0 Å². The Balaban J connectivity index is 2.90. The Morgan fingerprint density at radius 2 is 2.17 bits per heavy atom. The van der Waals surface area contributed by atoms with E-state index in [1.807, 2.05) is 0 Å². The fraction of sp³-hybridized carbons (Fsp3) is 0.500. The Bertz CT molecular complexity index is 265. The van der Waals surface area contributed by atoms with E-state index < -0.39 is 0 Å². The van der Waals surface area contributed by atoms with Crippen LogP contribution in [0, 0.1) is 0 Å². The van der Waals surface area contributed by atoms with Crippen molar-refractivity contribution in [3.05, 3.63) is 16.9 Å². The van der Waals surface area contributed by atoms with Gasteiger partial charge in [-0.15, -0.1) is 0 Å². The van der Waals surface area contributed by atoms with Crippen molar-refractivity contribution in [2.24, 2.45) is 0 Å². The molecule has 0 atom stereocenters. The van der Waals surface area contributed by atoms with Crippen molar-refractivity contribution in [1.29, 1.82) is 0 Å². The molecule has 0 amide bonds. The number of halogens is 1. The van der Waals surface area contributed by atoms with Gasteiger partial charge in [-0.25, -0.2) is 9.97 Å². The normalized spacial score (nSPS) is 10.2. The van der Waals surface area contributed by atoms with E-state index in [9.17, 15) is 0 Å². The lowest BCUT2D eigenvalue weighted by Crippen LogP contribution is -1.93. The molecule has 0 N–H and O–H groups in total. The van der Waals surface area contributed by atoms with Gasteiger partial charge in [-0.2, -0.15) is 0 Å². The Labute approximate surface area is 81.8 Å². The molecular formula is C8H11ClN2S. The molecule has 0 spiro atoms. The summed E-state index contributed by atoms with van der Waals surface area (Å²) in [5.74, 6) is 0.976. The molecule has 0 unspecified atom stereocenters. The van der Waals surface area contributed by atoms with Crippen LogP contribution in [0.3, 0.4) is 0 Å². The van der Waals surface area contributed by atoms with Crippen molar-refractivity contribution in [2.75, 3.05) is 5.75 Å². The minimum Gasteiger partial charge on any atom is -0.228 e. The topological polar surface area (TPSA) is 25.8 Å². The third-order valence-corrected chi connectivity index (χ3v) is 2.29. The van der Waals surface area contributed by atoms with Crippen LogP contribution >= 0.6 is 23.4 Å². The number of hydrogen-bond donors (Lipinski definition) is 0. The second-order valence-corrected chi connectivity index (χ2v) is 3.87. The van der Waals surface area contributed by atoms with E-state index in [-0.39, 0.29) is 0 Å². The van der Waals surface area contributed by atoms with Gasteiger partial charge in [0, 0.05) is 5.69 Å². The van der Waals surface area contributed by atoms with Gasteiger partial charge in [0.05, 0.1) is 0 Å². The maximum Gasteiger partial charge on any atom is 0.189 e. The number of thioether (sulfide) groups is 1. The Kier molecular flexibility index (Phi) is 3.82. The summed E-state index contributed by atoms with van der Waals surface area (Å²) in [6, 6.07) is 1.81. The molecule has 1 aromatic heterocycles. The highest BCUT2D eigenvalue weighted by Crippen LogP contribution is 2.16. The van der Waals surface area contributed by atoms with Crippen molar-refractivity contribution < 1.29 is 0 Å². The molecule has 0 saturated heterocycles. The lowest BCUT2D eigenvalue weighted by molar-refractivity contribution is 0.890. The van der Waals surface area contributed by atoms with Crippen molar-refractivity contribution >= 4 is 23.4 Å². The monoisotopic (exact) mass is 202 g/mol. The first-order chi connectivity index (χ1) is 5.76. The number of hydrogen-bond acceptors (Lipinski definition) is 3. The molecule has 1 rings (SSSR count). The van der Waals surface area contributed by atoms with Gasteiger partial charge in [-0.05, 0) is 18.2 Å². The zero-order valence-electron chi connectivity index (χ0n) is 7.17. The van der Waals surface area contributed by atoms with Gasteiger partial charge in [0.2, 0.25) is 0 Å². The SMILES string of the molecule is CCSc1nc(Cl)cc(CC)n1. The fourth-order valence-electron chi connectivity index (χ4n) is 0.816. The number of aromatic nitrogens is 2. The number of aryl methyl sites for hydroxylation is 1. The lowest BCUT2D eigenvalue weighted by Gasteiger charge is -2.00. The van der Waals surface area contributed by atoms with Crippen molar-refractivity contribution in [3.8, 4) is 0 Å². The molecule has 0 saturated carbocycles. The van der Waals surface area contributed by atoms with Gasteiger partial charge in [-0.3, -0.25) is 0 Å². The molecule has 66 valence electrons. The molecular weight excluding hydrogens is 192 g/mol. The highest BCUT2D eigenvalue weighted by atomic mass is 35.5. The van der Waals surface area contributed by atoms with Crippen LogP contribution in [0.2, 0.25) is 5.15 Å². The second-order valence-electron chi connectivity index (χ2n) is 2.25. The van der Waals surface area contributed by atoms with Crippen LogP contribution in [-0.4, -0.2) is 15.7 Å². The smallest absolute Gasteiger partial charge is 0.189 e. The van der Waals surface area contributed by atoms with Crippen molar-refractivity contribution in [3.63, 3.8) is 0 Å². The highest BCUT2D eigenvalue weighted by molar-refractivity contribution is 7.99. The van der Waals surface area contributed by atoms with Gasteiger partial charge >= 0.3 is 0 Å². The van der Waals surface area contributed by atoms with E-state index in [1.54, 1.807) is 17.8 Å². The zero-order chi connectivity index (χ0) is 8.97. The summed E-state index contributed by atoms with van der Waals surface area (Å²) < 4.78 is 0. The molecule has 0 bridgehead atoms. The summed E-state index contributed by atoms with van der Waals surface area (Å²) in [6.07, 6.45) is 0.902. The van der Waals surface area contributed by atoms with Crippen molar-refractivity contribution in [1.82, 2.24) is 9.97 Å². The van der Waals surface area contributed by atoms with Crippen LogP contribution in [-0.2, 0) is 6.42 Å². The molecule has 4 heteroatoms. The van der Waals surface area contributed by atoms with Gasteiger partial charge in [-0.1, -0.05) is 37.2 Å². The standard InChI is InChI=1S/C8H11ClN2S/c1-3-6-5-7(9)11-8(10-6)12-4-2/h5H,3-4H2,1-2H3. The molecule has 0 aliphatic rings. The molecule has 0 fully saturated rings. The van der Waals surface area contributed by atoms with Gasteiger partial charge < -0.3 is 0 Å². The molecule has 0 radical (unpaired) electrons. The fourth-order valence-corrected chi connectivity index (χ4v) is 1.68. The second kappa shape index (κ2) is 4.67. The molecule has 1 heterocycles. The van der Waals surface area contributed by atoms with E-state index in [2.05, 4.69) is 23.8 Å². The number of nitrogens with zero attached hydrogens (tertiary/aromatic N) is 2. The third-order valence-electron chi connectivity index (χ3n) is 1.36. The maximum absolute atomic E-state index is 5.80. The minimum atomic E-state index is 0.540. The van der Waals surface area contributed by atoms with Crippen LogP contribution in [0.15, 0.2) is 11.2 Å². The first-order valence-corrected chi connectivity index (χ1v) is 5.28. The summed E-state index contributed by atoms with van der Waals surface area (Å²) in [7, 11) is 0. The average Bonchev–Trinajstić information content (AvgIpc) is 2.04. The molecule has 2 nitrogen and oxygen atoms in total. The van der Waals surface area contributed by atoms with E-state index in [4.69, 9.17) is 11.6 Å². The first kappa shape index (κ1) is 9.81. The van der Waals surface area contributed by atoms with Crippen LogP contribution in [0.5, 0.6) is 0 Å². The third kappa shape index (κ3) is 2.64. The van der Waals surface area contributed by atoms with E-state index >= 15 is 0 Å². The summed E-state index contributed by atoms with van der Waals surface area (Å²) in [4.78, 5) is 8.40. The van der Waals surface area contributed by atoms with Crippen LogP contribution in [0.1, 0.15) is 19.5 Å². The zero-order valence-corrected chi connectivity index (χ0v) is 8.74. The summed E-state index contributed by atoms with van der Waals surface area (Å²) in [5.41, 5.74) is 1.01. The molecule has 0 aromatic carbocycles. The van der Waals surface area contributed by atoms with E-state index in [0.29, 0.717) is 5.15 Å².